The monoisotopic (exact) mass is 364 g/mol. The molecule has 0 saturated carbocycles. The van der Waals surface area contributed by atoms with E-state index in [1.165, 1.54) is 22.5 Å². The number of nitrogens with zero attached hydrogens (tertiary/aromatic N) is 2. The molecule has 0 N–H and O–H groups in total. The summed E-state index contributed by atoms with van der Waals surface area (Å²) in [5, 5.41) is 0. The Labute approximate surface area is 127 Å². The molecular weight excluding hydrogens is 347 g/mol. The smallest absolute Gasteiger partial charge is 0.244 e. The van der Waals surface area contributed by atoms with Gasteiger partial charge in [0.2, 0.25) is 10.0 Å². The van der Waals surface area contributed by atoms with Gasteiger partial charge >= 0.3 is 0 Å². The lowest BCUT2D eigenvalue weighted by atomic mass is 10.2. The summed E-state index contributed by atoms with van der Waals surface area (Å²) in [6, 6.07) is 3.84. The number of benzene rings is 1. The summed E-state index contributed by atoms with van der Waals surface area (Å²) in [6.45, 7) is 6.64. The van der Waals surface area contributed by atoms with E-state index in [0.717, 1.165) is 13.1 Å². The lowest BCUT2D eigenvalue weighted by Crippen LogP contribution is -2.53. The van der Waals surface area contributed by atoms with Crippen LogP contribution in [0, 0.1) is 5.82 Å². The Morgan fingerprint density at radius 1 is 1.40 bits per heavy atom. The third-order valence-electron chi connectivity index (χ3n) is 3.65. The number of halogens is 2. The Morgan fingerprint density at radius 2 is 2.10 bits per heavy atom. The summed E-state index contributed by atoms with van der Waals surface area (Å²) in [6.07, 6.45) is 0. The van der Waals surface area contributed by atoms with Crippen LogP contribution in [0.3, 0.4) is 0 Å². The molecular formula is C13H18BrFN2O2S. The van der Waals surface area contributed by atoms with E-state index in [4.69, 9.17) is 0 Å². The van der Waals surface area contributed by atoms with Gasteiger partial charge in [0.1, 0.15) is 5.82 Å². The minimum absolute atomic E-state index is 0.121. The minimum atomic E-state index is -3.58. The van der Waals surface area contributed by atoms with Crippen molar-refractivity contribution in [1.82, 2.24) is 9.21 Å². The molecule has 2 rings (SSSR count). The zero-order chi connectivity index (χ0) is 14.9. The highest BCUT2D eigenvalue weighted by Crippen LogP contribution is 2.27. The molecule has 20 heavy (non-hydrogen) atoms. The second-order valence-electron chi connectivity index (χ2n) is 4.92. The zero-order valence-electron chi connectivity index (χ0n) is 11.5. The summed E-state index contributed by atoms with van der Waals surface area (Å²) < 4.78 is 40.1. The van der Waals surface area contributed by atoms with Gasteiger partial charge in [-0.1, -0.05) is 6.92 Å². The standard InChI is InChI=1S/C13H18BrFN2O2S/c1-3-16-6-7-17(9-10(16)2)20(18,19)13-5-4-11(15)8-12(13)14/h4-5,8,10H,3,6-7,9H2,1-2H3. The van der Waals surface area contributed by atoms with Crippen molar-refractivity contribution in [2.24, 2.45) is 0 Å². The fraction of sp³-hybridized carbons (Fsp3) is 0.538. The van der Waals surface area contributed by atoms with E-state index in [2.05, 4.69) is 27.8 Å². The van der Waals surface area contributed by atoms with Crippen LogP contribution in [0.15, 0.2) is 27.6 Å². The summed E-state index contributed by atoms with van der Waals surface area (Å²) in [7, 11) is -3.58. The maximum absolute atomic E-state index is 13.1. The minimum Gasteiger partial charge on any atom is -0.298 e. The van der Waals surface area contributed by atoms with Crippen LogP contribution in [0.4, 0.5) is 4.39 Å². The molecule has 4 nitrogen and oxygen atoms in total. The first-order chi connectivity index (χ1) is 9.36. The van der Waals surface area contributed by atoms with Gasteiger partial charge in [-0.15, -0.1) is 0 Å². The Bertz CT molecular complexity index is 594. The van der Waals surface area contributed by atoms with Crippen LogP contribution in [0.5, 0.6) is 0 Å². The number of piperazine rings is 1. The van der Waals surface area contributed by atoms with E-state index in [1.807, 2.05) is 6.92 Å². The third-order valence-corrected chi connectivity index (χ3v) is 6.49. The Balaban J connectivity index is 2.27. The van der Waals surface area contributed by atoms with Crippen LogP contribution in [-0.2, 0) is 10.0 Å². The van der Waals surface area contributed by atoms with Crippen molar-refractivity contribution in [2.75, 3.05) is 26.2 Å². The van der Waals surface area contributed by atoms with Crippen molar-refractivity contribution in [3.05, 3.63) is 28.5 Å². The second kappa shape index (κ2) is 6.09. The highest BCUT2D eigenvalue weighted by Gasteiger charge is 2.32. The largest absolute Gasteiger partial charge is 0.298 e. The predicted molar refractivity (Wildman–Crippen MR) is 79.6 cm³/mol. The van der Waals surface area contributed by atoms with E-state index in [9.17, 15) is 12.8 Å². The molecule has 1 saturated heterocycles. The molecule has 0 spiro atoms. The molecule has 0 amide bonds. The molecule has 1 fully saturated rings. The highest BCUT2D eigenvalue weighted by atomic mass is 79.9. The molecule has 0 bridgehead atoms. The van der Waals surface area contributed by atoms with Gasteiger partial charge < -0.3 is 0 Å². The molecule has 0 aliphatic carbocycles. The number of sulfonamides is 1. The van der Waals surface area contributed by atoms with Crippen LogP contribution in [0.1, 0.15) is 13.8 Å². The van der Waals surface area contributed by atoms with E-state index < -0.39 is 15.8 Å². The van der Waals surface area contributed by atoms with Gasteiger partial charge in [0.15, 0.2) is 0 Å². The van der Waals surface area contributed by atoms with Crippen LogP contribution in [0.25, 0.3) is 0 Å². The van der Waals surface area contributed by atoms with Gasteiger partial charge in [0, 0.05) is 30.1 Å². The van der Waals surface area contributed by atoms with E-state index in [1.54, 1.807) is 0 Å². The van der Waals surface area contributed by atoms with E-state index >= 15 is 0 Å². The first kappa shape index (κ1) is 15.9. The third kappa shape index (κ3) is 3.05. The highest BCUT2D eigenvalue weighted by molar-refractivity contribution is 9.10. The summed E-state index contributed by atoms with van der Waals surface area (Å²) in [5.74, 6) is -0.458. The summed E-state index contributed by atoms with van der Waals surface area (Å²) in [4.78, 5) is 2.36. The fourth-order valence-corrected chi connectivity index (χ4v) is 5.00. The Morgan fingerprint density at radius 3 is 2.65 bits per heavy atom. The van der Waals surface area contributed by atoms with Gasteiger partial charge in [-0.3, -0.25) is 4.90 Å². The Kier molecular flexibility index (Phi) is 4.84. The maximum atomic E-state index is 13.1. The Hall–Kier alpha value is -0.500. The maximum Gasteiger partial charge on any atom is 0.244 e. The topological polar surface area (TPSA) is 40.6 Å². The number of hydrogen-bond donors (Lipinski definition) is 0. The molecule has 0 aromatic heterocycles. The summed E-state index contributed by atoms with van der Waals surface area (Å²) >= 11 is 3.13. The average Bonchev–Trinajstić information content (AvgIpc) is 2.38. The van der Waals surface area contributed by atoms with E-state index in [-0.39, 0.29) is 15.4 Å². The van der Waals surface area contributed by atoms with Gasteiger partial charge in [0.25, 0.3) is 0 Å². The van der Waals surface area contributed by atoms with Crippen molar-refractivity contribution >= 4 is 26.0 Å². The van der Waals surface area contributed by atoms with Crippen molar-refractivity contribution < 1.29 is 12.8 Å². The zero-order valence-corrected chi connectivity index (χ0v) is 13.9. The van der Waals surface area contributed by atoms with Gasteiger partial charge in [-0.2, -0.15) is 4.31 Å². The average molecular weight is 365 g/mol. The van der Waals surface area contributed by atoms with Crippen LogP contribution in [-0.4, -0.2) is 49.8 Å². The molecule has 1 atom stereocenters. The van der Waals surface area contributed by atoms with Gasteiger partial charge in [0.05, 0.1) is 4.90 Å². The SMILES string of the molecule is CCN1CCN(S(=O)(=O)c2ccc(F)cc2Br)CC1C. The predicted octanol–water partition coefficient (Wildman–Crippen LogP) is 2.30. The molecule has 1 aliphatic rings. The first-order valence-electron chi connectivity index (χ1n) is 6.55. The van der Waals surface area contributed by atoms with Crippen molar-refractivity contribution in [2.45, 2.75) is 24.8 Å². The van der Waals surface area contributed by atoms with Crippen LogP contribution < -0.4 is 0 Å². The number of rotatable bonds is 3. The second-order valence-corrected chi connectivity index (χ2v) is 7.68. The molecule has 7 heteroatoms. The van der Waals surface area contributed by atoms with Gasteiger partial charge in [-0.25, -0.2) is 12.8 Å². The van der Waals surface area contributed by atoms with Crippen molar-refractivity contribution in [3.63, 3.8) is 0 Å². The molecule has 1 aliphatic heterocycles. The first-order valence-corrected chi connectivity index (χ1v) is 8.78. The lowest BCUT2D eigenvalue weighted by Gasteiger charge is -2.38. The van der Waals surface area contributed by atoms with Crippen LogP contribution in [0.2, 0.25) is 0 Å². The molecule has 1 aromatic rings. The summed E-state index contributed by atoms with van der Waals surface area (Å²) in [5.41, 5.74) is 0. The molecule has 1 aromatic carbocycles. The molecule has 1 unspecified atom stereocenters. The quantitative estimate of drug-likeness (QED) is 0.826. The molecule has 112 valence electrons. The number of hydrogen-bond acceptors (Lipinski definition) is 3. The fourth-order valence-electron chi connectivity index (χ4n) is 2.47. The van der Waals surface area contributed by atoms with Crippen molar-refractivity contribution in [3.8, 4) is 0 Å². The molecule has 0 radical (unpaired) electrons. The van der Waals surface area contributed by atoms with Crippen LogP contribution >= 0.6 is 15.9 Å². The lowest BCUT2D eigenvalue weighted by molar-refractivity contribution is 0.135. The molecule has 1 heterocycles. The van der Waals surface area contributed by atoms with Gasteiger partial charge in [-0.05, 0) is 47.6 Å². The van der Waals surface area contributed by atoms with Crippen molar-refractivity contribution in [1.29, 1.82) is 0 Å². The van der Waals surface area contributed by atoms with E-state index in [0.29, 0.717) is 13.1 Å². The normalized spacial score (nSPS) is 22.1. The number of likely N-dealkylation sites (N-methyl/N-ethyl adjacent to an activating group) is 1.